The lowest BCUT2D eigenvalue weighted by Gasteiger charge is -2.30. The monoisotopic (exact) mass is 558 g/mol. The molecule has 0 aliphatic rings. The fourth-order valence-corrected chi connectivity index (χ4v) is 3.89. The number of nitrogens with one attached hydrogen (secondary N) is 1. The minimum atomic E-state index is -4.69. The standard InChI is InChI=1S/C27H26F4N6O3/c1-17(2)12-13-32-26(39)24(22-7-4-14-40-22)37(21-6-3-5-19(15-21)27(29,30)31)23(38)16-36-34-25(33-35-36)18-8-10-20(28)11-9-18/h3-11,14-15,17,24H,12-13,16H2,1-2H3,(H,32,39)/t24-/m0/s1. The first kappa shape index (κ1) is 28.5. The van der Waals surface area contributed by atoms with Crippen molar-refractivity contribution in [3.8, 4) is 11.4 Å². The van der Waals surface area contributed by atoms with E-state index in [2.05, 4.69) is 20.7 Å². The lowest BCUT2D eigenvalue weighted by Crippen LogP contribution is -2.45. The number of rotatable bonds is 10. The van der Waals surface area contributed by atoms with Crippen LogP contribution in [0.4, 0.5) is 23.2 Å². The molecule has 0 aliphatic heterocycles. The summed E-state index contributed by atoms with van der Waals surface area (Å²) in [6.45, 7) is 3.66. The molecule has 4 aromatic rings. The Morgan fingerprint density at radius 2 is 1.82 bits per heavy atom. The van der Waals surface area contributed by atoms with E-state index in [4.69, 9.17) is 4.42 Å². The topological polar surface area (TPSA) is 106 Å². The molecule has 0 radical (unpaired) electrons. The average Bonchev–Trinajstić information content (AvgIpc) is 3.59. The fourth-order valence-electron chi connectivity index (χ4n) is 3.89. The molecule has 2 aromatic heterocycles. The molecule has 9 nitrogen and oxygen atoms in total. The summed E-state index contributed by atoms with van der Waals surface area (Å²) in [6.07, 6.45) is -2.75. The highest BCUT2D eigenvalue weighted by Gasteiger charge is 2.37. The van der Waals surface area contributed by atoms with Gasteiger partial charge in [0.2, 0.25) is 5.82 Å². The van der Waals surface area contributed by atoms with Crippen LogP contribution in [0, 0.1) is 11.7 Å². The van der Waals surface area contributed by atoms with Crippen LogP contribution < -0.4 is 10.2 Å². The number of furan rings is 1. The van der Waals surface area contributed by atoms with E-state index in [-0.39, 0.29) is 29.7 Å². The van der Waals surface area contributed by atoms with E-state index in [0.717, 1.165) is 27.9 Å². The highest BCUT2D eigenvalue weighted by Crippen LogP contribution is 2.35. The number of alkyl halides is 3. The van der Waals surface area contributed by atoms with Crippen molar-refractivity contribution in [1.29, 1.82) is 0 Å². The largest absolute Gasteiger partial charge is 0.467 e. The number of benzene rings is 2. The minimum absolute atomic E-state index is 0.0476. The normalized spacial score (nSPS) is 12.4. The predicted molar refractivity (Wildman–Crippen MR) is 136 cm³/mol. The Morgan fingerprint density at radius 1 is 1.07 bits per heavy atom. The zero-order valence-electron chi connectivity index (χ0n) is 21.6. The van der Waals surface area contributed by atoms with Gasteiger partial charge in [-0.1, -0.05) is 19.9 Å². The van der Waals surface area contributed by atoms with Crippen molar-refractivity contribution in [1.82, 2.24) is 25.5 Å². The van der Waals surface area contributed by atoms with Crippen LogP contribution in [0.5, 0.6) is 0 Å². The Labute approximate surface area is 226 Å². The molecular formula is C27H26F4N6O3. The maximum Gasteiger partial charge on any atom is 0.416 e. The Kier molecular flexibility index (Phi) is 8.61. The molecule has 210 valence electrons. The van der Waals surface area contributed by atoms with Crippen molar-refractivity contribution in [2.24, 2.45) is 5.92 Å². The highest BCUT2D eigenvalue weighted by molar-refractivity contribution is 6.01. The highest BCUT2D eigenvalue weighted by atomic mass is 19.4. The summed E-state index contributed by atoms with van der Waals surface area (Å²) in [5, 5.41) is 14.6. The molecule has 2 amide bonds. The van der Waals surface area contributed by atoms with E-state index in [9.17, 15) is 27.2 Å². The molecule has 0 fully saturated rings. The van der Waals surface area contributed by atoms with Gasteiger partial charge in [-0.25, -0.2) is 4.39 Å². The summed E-state index contributed by atoms with van der Waals surface area (Å²) in [6, 6.07) is 10.9. The summed E-state index contributed by atoms with van der Waals surface area (Å²) in [5.74, 6) is -1.47. The summed E-state index contributed by atoms with van der Waals surface area (Å²) in [5.41, 5.74) is -0.745. The van der Waals surface area contributed by atoms with E-state index in [1.165, 1.54) is 48.7 Å². The number of tetrazole rings is 1. The quantitative estimate of drug-likeness (QED) is 0.274. The second kappa shape index (κ2) is 12.1. The van der Waals surface area contributed by atoms with Crippen molar-refractivity contribution < 1.29 is 31.6 Å². The molecule has 0 unspecified atom stereocenters. The van der Waals surface area contributed by atoms with Crippen LogP contribution in [-0.4, -0.2) is 38.6 Å². The molecule has 0 spiro atoms. The third-order valence-corrected chi connectivity index (χ3v) is 5.89. The number of nitrogens with zero attached hydrogens (tertiary/aromatic N) is 5. The van der Waals surface area contributed by atoms with Crippen molar-refractivity contribution in [3.63, 3.8) is 0 Å². The van der Waals surface area contributed by atoms with Gasteiger partial charge in [0.25, 0.3) is 11.8 Å². The summed E-state index contributed by atoms with van der Waals surface area (Å²) < 4.78 is 59.5. The molecule has 2 heterocycles. The second-order valence-corrected chi connectivity index (χ2v) is 9.35. The number of aromatic nitrogens is 4. The molecule has 0 aliphatic carbocycles. The summed E-state index contributed by atoms with van der Waals surface area (Å²) in [4.78, 5) is 29.0. The number of amides is 2. The summed E-state index contributed by atoms with van der Waals surface area (Å²) >= 11 is 0. The number of carbonyl (C=O) groups excluding carboxylic acids is 2. The van der Waals surface area contributed by atoms with Crippen LogP contribution in [0.15, 0.2) is 71.3 Å². The van der Waals surface area contributed by atoms with Crippen LogP contribution in [-0.2, 0) is 22.3 Å². The zero-order chi connectivity index (χ0) is 28.9. The van der Waals surface area contributed by atoms with Gasteiger partial charge < -0.3 is 9.73 Å². The molecule has 0 saturated heterocycles. The van der Waals surface area contributed by atoms with Gasteiger partial charge in [0.1, 0.15) is 18.1 Å². The lowest BCUT2D eigenvalue weighted by molar-refractivity contribution is -0.137. The smallest absolute Gasteiger partial charge is 0.416 e. The Bertz CT molecular complexity index is 1440. The van der Waals surface area contributed by atoms with Crippen LogP contribution in [0.25, 0.3) is 11.4 Å². The second-order valence-electron chi connectivity index (χ2n) is 9.35. The maximum absolute atomic E-state index is 13.7. The van der Waals surface area contributed by atoms with E-state index in [1.54, 1.807) is 0 Å². The molecule has 1 atom stereocenters. The first-order valence-corrected chi connectivity index (χ1v) is 12.4. The predicted octanol–water partition coefficient (Wildman–Crippen LogP) is 5.03. The van der Waals surface area contributed by atoms with Crippen molar-refractivity contribution in [3.05, 3.63) is 84.1 Å². The number of anilines is 1. The van der Waals surface area contributed by atoms with Crippen molar-refractivity contribution in [2.45, 2.75) is 39.0 Å². The molecule has 2 aromatic carbocycles. The lowest BCUT2D eigenvalue weighted by atomic mass is 10.1. The van der Waals surface area contributed by atoms with Gasteiger partial charge >= 0.3 is 6.18 Å². The molecule has 40 heavy (non-hydrogen) atoms. The SMILES string of the molecule is CC(C)CCNC(=O)[C@H](c1ccco1)N(C(=O)Cn1nnc(-c2ccc(F)cc2)n1)c1cccc(C(F)(F)F)c1. The third-order valence-electron chi connectivity index (χ3n) is 5.89. The minimum Gasteiger partial charge on any atom is -0.467 e. The zero-order valence-corrected chi connectivity index (χ0v) is 21.6. The molecular weight excluding hydrogens is 532 g/mol. The van der Waals surface area contributed by atoms with Gasteiger partial charge in [-0.2, -0.15) is 18.0 Å². The van der Waals surface area contributed by atoms with Gasteiger partial charge in [0.05, 0.1) is 11.8 Å². The van der Waals surface area contributed by atoms with Gasteiger partial charge in [-0.3, -0.25) is 14.5 Å². The molecule has 4 rings (SSSR count). The van der Waals surface area contributed by atoms with Crippen molar-refractivity contribution in [2.75, 3.05) is 11.4 Å². The summed E-state index contributed by atoms with van der Waals surface area (Å²) in [7, 11) is 0. The number of halogens is 4. The first-order chi connectivity index (χ1) is 19.0. The van der Waals surface area contributed by atoms with Gasteiger partial charge in [0.15, 0.2) is 6.04 Å². The van der Waals surface area contributed by atoms with Crippen LogP contribution in [0.2, 0.25) is 0 Å². The van der Waals surface area contributed by atoms with Crippen molar-refractivity contribution >= 4 is 17.5 Å². The molecule has 1 N–H and O–H groups in total. The maximum atomic E-state index is 13.7. The number of hydrogen-bond donors (Lipinski definition) is 1. The van der Waals surface area contributed by atoms with Crippen LogP contribution in [0.1, 0.15) is 37.6 Å². The molecule has 0 saturated carbocycles. The van der Waals surface area contributed by atoms with Crippen LogP contribution in [0.3, 0.4) is 0 Å². The van der Waals surface area contributed by atoms with Gasteiger partial charge in [0, 0.05) is 17.8 Å². The average molecular weight is 559 g/mol. The molecule has 0 bridgehead atoms. The number of hydrogen-bond acceptors (Lipinski definition) is 6. The Morgan fingerprint density at radius 3 is 2.48 bits per heavy atom. The van der Waals surface area contributed by atoms with E-state index >= 15 is 0 Å². The fraction of sp³-hybridized carbons (Fsp3) is 0.296. The van der Waals surface area contributed by atoms with E-state index < -0.39 is 42.0 Å². The Hall–Kier alpha value is -4.55. The van der Waals surface area contributed by atoms with Crippen LogP contribution >= 0.6 is 0 Å². The van der Waals surface area contributed by atoms with E-state index in [1.807, 2.05) is 13.8 Å². The Balaban J connectivity index is 1.71. The van der Waals surface area contributed by atoms with E-state index in [0.29, 0.717) is 12.0 Å². The van der Waals surface area contributed by atoms with Gasteiger partial charge in [-0.05, 0) is 72.1 Å². The van der Waals surface area contributed by atoms with Gasteiger partial charge in [-0.15, -0.1) is 10.2 Å². The third kappa shape index (κ3) is 6.90. The first-order valence-electron chi connectivity index (χ1n) is 12.4. The molecule has 13 heteroatoms. The number of carbonyl (C=O) groups is 2.